The first-order valence-electron chi connectivity index (χ1n) is 6.55. The monoisotopic (exact) mass is 309 g/mol. The number of methoxy groups -OCH3 is 1. The van der Waals surface area contributed by atoms with Gasteiger partial charge in [0.15, 0.2) is 0 Å². The molecule has 1 aliphatic rings. The highest BCUT2D eigenvalue weighted by atomic mass is 35.5. The van der Waals surface area contributed by atoms with Crippen molar-refractivity contribution in [3.63, 3.8) is 0 Å². The van der Waals surface area contributed by atoms with Gasteiger partial charge >= 0.3 is 5.97 Å². The highest BCUT2D eigenvalue weighted by molar-refractivity contribution is 6.32. The molecule has 0 unspecified atom stereocenters. The van der Waals surface area contributed by atoms with E-state index in [9.17, 15) is 14.7 Å². The zero-order valence-electron chi connectivity index (χ0n) is 11.5. The third kappa shape index (κ3) is 3.55. The molecule has 112 valence electrons. The van der Waals surface area contributed by atoms with E-state index in [0.717, 1.165) is 0 Å². The fraction of sp³-hybridized carbons (Fsp3) is 0.333. The lowest BCUT2D eigenvalue weighted by atomic mass is 9.82. The van der Waals surface area contributed by atoms with Crippen LogP contribution in [0.4, 0.5) is 5.69 Å². The van der Waals surface area contributed by atoms with E-state index in [1.165, 1.54) is 7.11 Å². The van der Waals surface area contributed by atoms with E-state index >= 15 is 0 Å². The van der Waals surface area contributed by atoms with E-state index in [0.29, 0.717) is 29.3 Å². The molecule has 1 aromatic rings. The molecule has 2 N–H and O–H groups in total. The molecular formula is C15H16ClNO4. The Morgan fingerprint density at radius 1 is 1.29 bits per heavy atom. The Morgan fingerprint density at radius 2 is 1.95 bits per heavy atom. The van der Waals surface area contributed by atoms with Crippen LogP contribution in [-0.2, 0) is 9.59 Å². The van der Waals surface area contributed by atoms with Crippen molar-refractivity contribution in [1.82, 2.24) is 0 Å². The van der Waals surface area contributed by atoms with Crippen molar-refractivity contribution in [2.24, 2.45) is 11.8 Å². The summed E-state index contributed by atoms with van der Waals surface area (Å²) in [5, 5.41) is 12.3. The molecule has 1 aromatic carbocycles. The Balaban J connectivity index is 2.11. The first-order valence-corrected chi connectivity index (χ1v) is 6.93. The average molecular weight is 310 g/mol. The Hall–Kier alpha value is -2.01. The molecule has 1 aliphatic carbocycles. The van der Waals surface area contributed by atoms with E-state index in [4.69, 9.17) is 16.3 Å². The topological polar surface area (TPSA) is 75.6 Å². The smallest absolute Gasteiger partial charge is 0.307 e. The molecule has 1 amide bonds. The zero-order valence-corrected chi connectivity index (χ0v) is 12.3. The normalized spacial score (nSPS) is 20.9. The van der Waals surface area contributed by atoms with Gasteiger partial charge < -0.3 is 15.2 Å². The molecule has 0 bridgehead atoms. The van der Waals surface area contributed by atoms with Gasteiger partial charge in [0.1, 0.15) is 5.75 Å². The van der Waals surface area contributed by atoms with Crippen LogP contribution < -0.4 is 10.1 Å². The lowest BCUT2D eigenvalue weighted by molar-refractivity contribution is -0.146. The number of rotatable bonds is 4. The van der Waals surface area contributed by atoms with Crippen LogP contribution in [0.2, 0.25) is 5.02 Å². The Morgan fingerprint density at radius 3 is 2.52 bits per heavy atom. The highest BCUT2D eigenvalue weighted by Crippen LogP contribution is 2.30. The Bertz CT molecular complexity index is 585. The number of ether oxygens (including phenoxy) is 1. The van der Waals surface area contributed by atoms with Gasteiger partial charge in [0.25, 0.3) is 0 Å². The summed E-state index contributed by atoms with van der Waals surface area (Å²) in [5.41, 5.74) is 0.518. The number of benzene rings is 1. The molecule has 5 nitrogen and oxygen atoms in total. The molecule has 0 fully saturated rings. The molecule has 0 radical (unpaired) electrons. The number of halogens is 1. The van der Waals surface area contributed by atoms with E-state index in [-0.39, 0.29) is 5.91 Å². The van der Waals surface area contributed by atoms with Gasteiger partial charge in [-0.1, -0.05) is 23.8 Å². The van der Waals surface area contributed by atoms with Crippen LogP contribution in [0, 0.1) is 11.8 Å². The summed E-state index contributed by atoms with van der Waals surface area (Å²) in [5.74, 6) is -2.02. The average Bonchev–Trinajstić information content (AvgIpc) is 2.47. The van der Waals surface area contributed by atoms with Gasteiger partial charge in [-0.15, -0.1) is 0 Å². The second-order valence-corrected chi connectivity index (χ2v) is 5.24. The van der Waals surface area contributed by atoms with Gasteiger partial charge in [-0.25, -0.2) is 0 Å². The molecule has 21 heavy (non-hydrogen) atoms. The van der Waals surface area contributed by atoms with E-state index in [2.05, 4.69) is 5.32 Å². The minimum absolute atomic E-state index is 0.312. The molecule has 2 rings (SSSR count). The van der Waals surface area contributed by atoms with Crippen LogP contribution in [0.15, 0.2) is 30.4 Å². The van der Waals surface area contributed by atoms with Gasteiger partial charge in [-0.3, -0.25) is 9.59 Å². The summed E-state index contributed by atoms with van der Waals surface area (Å²) in [4.78, 5) is 23.5. The summed E-state index contributed by atoms with van der Waals surface area (Å²) < 4.78 is 5.04. The number of carboxylic acids is 1. The standard InChI is InChI=1S/C15H16ClNO4/c1-21-13-7-6-9(8-12(13)16)17-14(18)10-4-2-3-5-11(10)15(19)20/h2-3,6-8,10-11H,4-5H2,1H3,(H,17,18)(H,19,20)/t10-,11-/m0/s1. The largest absolute Gasteiger partial charge is 0.495 e. The predicted octanol–water partition coefficient (Wildman–Crippen LogP) is 2.95. The molecule has 0 heterocycles. The molecule has 0 saturated carbocycles. The SMILES string of the molecule is COc1ccc(NC(=O)[C@H]2CC=CC[C@@H]2C(=O)O)cc1Cl. The number of nitrogens with one attached hydrogen (secondary N) is 1. The maximum Gasteiger partial charge on any atom is 0.307 e. The number of carbonyl (C=O) groups excluding carboxylic acids is 1. The van der Waals surface area contributed by atoms with Gasteiger partial charge in [0.2, 0.25) is 5.91 Å². The van der Waals surface area contributed by atoms with Crippen molar-refractivity contribution in [2.45, 2.75) is 12.8 Å². The lowest BCUT2D eigenvalue weighted by Crippen LogP contribution is -2.34. The maximum absolute atomic E-state index is 12.3. The number of allylic oxidation sites excluding steroid dienone is 2. The first-order chi connectivity index (χ1) is 10.0. The Labute approximate surface area is 127 Å². The zero-order chi connectivity index (χ0) is 15.4. The van der Waals surface area contributed by atoms with Crippen LogP contribution >= 0.6 is 11.6 Å². The number of amides is 1. The fourth-order valence-corrected chi connectivity index (χ4v) is 2.61. The van der Waals surface area contributed by atoms with Gasteiger partial charge in [0.05, 0.1) is 24.0 Å². The summed E-state index contributed by atoms with van der Waals surface area (Å²) in [6.45, 7) is 0. The minimum Gasteiger partial charge on any atom is -0.495 e. The van der Waals surface area contributed by atoms with Crippen molar-refractivity contribution >= 4 is 29.2 Å². The third-order valence-electron chi connectivity index (χ3n) is 3.51. The van der Waals surface area contributed by atoms with Crippen molar-refractivity contribution in [2.75, 3.05) is 12.4 Å². The van der Waals surface area contributed by atoms with Crippen molar-refractivity contribution < 1.29 is 19.4 Å². The number of aliphatic carboxylic acids is 1. The van der Waals surface area contributed by atoms with Crippen molar-refractivity contribution in [3.05, 3.63) is 35.4 Å². The summed E-state index contributed by atoms with van der Waals surface area (Å²) in [6.07, 6.45) is 4.43. The minimum atomic E-state index is -0.952. The number of hydrogen-bond donors (Lipinski definition) is 2. The van der Waals surface area contributed by atoms with Gasteiger partial charge in [0, 0.05) is 5.69 Å². The first kappa shape index (κ1) is 15.4. The van der Waals surface area contributed by atoms with E-state index < -0.39 is 17.8 Å². The van der Waals surface area contributed by atoms with E-state index in [1.807, 2.05) is 6.08 Å². The molecule has 0 aromatic heterocycles. The van der Waals surface area contributed by atoms with E-state index in [1.54, 1.807) is 24.3 Å². The van der Waals surface area contributed by atoms with Crippen molar-refractivity contribution in [1.29, 1.82) is 0 Å². The molecule has 6 heteroatoms. The highest BCUT2D eigenvalue weighted by Gasteiger charge is 2.33. The maximum atomic E-state index is 12.3. The second-order valence-electron chi connectivity index (χ2n) is 4.83. The molecule has 0 saturated heterocycles. The number of carboxylic acid groups (broad SMARTS) is 1. The number of hydrogen-bond acceptors (Lipinski definition) is 3. The molecule has 0 aliphatic heterocycles. The van der Waals surface area contributed by atoms with Crippen LogP contribution in [0.3, 0.4) is 0 Å². The number of anilines is 1. The third-order valence-corrected chi connectivity index (χ3v) is 3.80. The van der Waals surface area contributed by atoms with Crippen LogP contribution in [0.5, 0.6) is 5.75 Å². The summed E-state index contributed by atoms with van der Waals surface area (Å²) in [6, 6.07) is 4.89. The van der Waals surface area contributed by atoms with Crippen LogP contribution in [0.1, 0.15) is 12.8 Å². The second kappa shape index (κ2) is 6.63. The van der Waals surface area contributed by atoms with Crippen LogP contribution in [0.25, 0.3) is 0 Å². The van der Waals surface area contributed by atoms with Gasteiger partial charge in [-0.05, 0) is 31.0 Å². The van der Waals surface area contributed by atoms with Gasteiger partial charge in [-0.2, -0.15) is 0 Å². The molecule has 0 spiro atoms. The molecular weight excluding hydrogens is 294 g/mol. The van der Waals surface area contributed by atoms with Crippen molar-refractivity contribution in [3.8, 4) is 5.75 Å². The quantitative estimate of drug-likeness (QED) is 0.838. The van der Waals surface area contributed by atoms with Crippen LogP contribution in [-0.4, -0.2) is 24.1 Å². The number of carbonyl (C=O) groups is 2. The Kier molecular flexibility index (Phi) is 4.85. The molecule has 2 atom stereocenters. The fourth-order valence-electron chi connectivity index (χ4n) is 2.36. The summed E-state index contributed by atoms with van der Waals surface area (Å²) >= 11 is 6.00. The predicted molar refractivity (Wildman–Crippen MR) is 79.6 cm³/mol. The lowest BCUT2D eigenvalue weighted by Gasteiger charge is -2.24. The summed E-state index contributed by atoms with van der Waals surface area (Å²) in [7, 11) is 1.51.